The highest BCUT2D eigenvalue weighted by Crippen LogP contribution is 2.28. The van der Waals surface area contributed by atoms with E-state index in [1.54, 1.807) is 25.3 Å². The molecule has 3 aromatic rings. The highest BCUT2D eigenvalue weighted by atomic mass is 32.2. The van der Waals surface area contributed by atoms with Crippen molar-refractivity contribution in [3.05, 3.63) is 77.9 Å². The highest BCUT2D eigenvalue weighted by Gasteiger charge is 2.22. The molecule has 9 heteroatoms. The van der Waals surface area contributed by atoms with Crippen molar-refractivity contribution in [2.24, 2.45) is 0 Å². The van der Waals surface area contributed by atoms with Crippen LogP contribution in [0, 0.1) is 6.92 Å². The van der Waals surface area contributed by atoms with Crippen molar-refractivity contribution >= 4 is 33.1 Å². The van der Waals surface area contributed by atoms with Gasteiger partial charge in [0.25, 0.3) is 10.0 Å². The van der Waals surface area contributed by atoms with Gasteiger partial charge < -0.3 is 19.6 Å². The summed E-state index contributed by atoms with van der Waals surface area (Å²) < 4.78 is 33.2. The van der Waals surface area contributed by atoms with Gasteiger partial charge >= 0.3 is 5.97 Å². The molecule has 4 rings (SSSR count). The average molecular weight is 482 g/mol. The van der Waals surface area contributed by atoms with Crippen molar-refractivity contribution in [2.75, 3.05) is 47.8 Å². The Bertz CT molecular complexity index is 1270. The molecule has 1 heterocycles. The monoisotopic (exact) mass is 481 g/mol. The van der Waals surface area contributed by atoms with Gasteiger partial charge in [-0.15, -0.1) is 0 Å². The number of nitrogens with zero attached hydrogens (tertiary/aromatic N) is 2. The zero-order chi connectivity index (χ0) is 24.3. The summed E-state index contributed by atoms with van der Waals surface area (Å²) in [5.74, 6) is -0.387. The fourth-order valence-corrected chi connectivity index (χ4v) is 5.01. The van der Waals surface area contributed by atoms with Gasteiger partial charge in [0.05, 0.1) is 23.3 Å². The molecule has 1 aliphatic heterocycles. The number of aryl methyl sites for hydroxylation is 1. The standard InChI is InChI=1S/C25H27N3O5S/c1-18-3-10-22(11-4-18)34(31,32)26-24-12-7-20(17-23(24)25(29)30)28-15-13-27(14-16-28)19-5-8-21(33-2)9-6-19/h3-12,17,26H,13-16H2,1-2H3,(H,29,30). The third-order valence-corrected chi connectivity index (χ3v) is 7.27. The molecule has 0 unspecified atom stereocenters. The van der Waals surface area contributed by atoms with Gasteiger partial charge in [0.2, 0.25) is 0 Å². The number of aromatic carboxylic acids is 1. The van der Waals surface area contributed by atoms with Crippen LogP contribution in [0.1, 0.15) is 15.9 Å². The van der Waals surface area contributed by atoms with E-state index in [1.807, 2.05) is 31.2 Å². The molecule has 1 fully saturated rings. The van der Waals surface area contributed by atoms with Crippen LogP contribution < -0.4 is 19.3 Å². The maximum absolute atomic E-state index is 12.8. The van der Waals surface area contributed by atoms with Gasteiger partial charge in [0.15, 0.2) is 0 Å². The molecule has 8 nitrogen and oxygen atoms in total. The predicted molar refractivity (Wildman–Crippen MR) is 133 cm³/mol. The number of hydrogen-bond acceptors (Lipinski definition) is 6. The molecule has 178 valence electrons. The van der Waals surface area contributed by atoms with E-state index in [1.165, 1.54) is 24.3 Å². The van der Waals surface area contributed by atoms with Crippen molar-refractivity contribution in [3.8, 4) is 5.75 Å². The predicted octanol–water partition coefficient (Wildman–Crippen LogP) is 3.83. The minimum atomic E-state index is -3.91. The lowest BCUT2D eigenvalue weighted by Gasteiger charge is -2.37. The Hall–Kier alpha value is -3.72. The van der Waals surface area contributed by atoms with E-state index in [-0.39, 0.29) is 16.1 Å². The molecule has 0 spiro atoms. The highest BCUT2D eigenvalue weighted by molar-refractivity contribution is 7.92. The van der Waals surface area contributed by atoms with Gasteiger partial charge in [-0.3, -0.25) is 4.72 Å². The summed E-state index contributed by atoms with van der Waals surface area (Å²) in [4.78, 5) is 16.4. The SMILES string of the molecule is COc1ccc(N2CCN(c3ccc(NS(=O)(=O)c4ccc(C)cc4)c(C(=O)O)c3)CC2)cc1. The maximum Gasteiger partial charge on any atom is 0.337 e. The third-order valence-electron chi connectivity index (χ3n) is 5.89. The van der Waals surface area contributed by atoms with Crippen LogP contribution in [0.15, 0.2) is 71.6 Å². The Morgan fingerprint density at radius 1 is 0.882 bits per heavy atom. The summed E-state index contributed by atoms with van der Waals surface area (Å²) in [5, 5.41) is 9.75. The molecule has 0 bridgehead atoms. The van der Waals surface area contributed by atoms with Gasteiger partial charge in [-0.1, -0.05) is 17.7 Å². The van der Waals surface area contributed by atoms with Crippen LogP contribution in [-0.2, 0) is 10.0 Å². The van der Waals surface area contributed by atoms with Crippen molar-refractivity contribution in [2.45, 2.75) is 11.8 Å². The summed E-state index contributed by atoms with van der Waals surface area (Å²) in [5.41, 5.74) is 2.72. The molecule has 0 aliphatic carbocycles. The summed E-state index contributed by atoms with van der Waals surface area (Å²) in [7, 11) is -2.27. The number of ether oxygens (including phenoxy) is 1. The summed E-state index contributed by atoms with van der Waals surface area (Å²) in [6, 6.07) is 19.1. The van der Waals surface area contributed by atoms with Crippen LogP contribution in [0.25, 0.3) is 0 Å². The minimum Gasteiger partial charge on any atom is -0.497 e. The molecule has 3 aromatic carbocycles. The second-order valence-electron chi connectivity index (χ2n) is 8.13. The summed E-state index contributed by atoms with van der Waals surface area (Å²) in [6.07, 6.45) is 0. The molecule has 0 atom stereocenters. The van der Waals surface area contributed by atoms with E-state index in [9.17, 15) is 18.3 Å². The lowest BCUT2D eigenvalue weighted by atomic mass is 10.1. The minimum absolute atomic E-state index is 0.0358. The molecule has 0 saturated carbocycles. The second-order valence-corrected chi connectivity index (χ2v) is 9.81. The average Bonchev–Trinajstić information content (AvgIpc) is 2.84. The lowest BCUT2D eigenvalue weighted by Crippen LogP contribution is -2.46. The van der Waals surface area contributed by atoms with Crippen molar-refractivity contribution in [1.82, 2.24) is 0 Å². The van der Waals surface area contributed by atoms with Gasteiger partial charge in [0, 0.05) is 37.6 Å². The van der Waals surface area contributed by atoms with E-state index < -0.39 is 16.0 Å². The Labute approximate surface area is 199 Å². The van der Waals surface area contributed by atoms with Crippen LogP contribution in [0.3, 0.4) is 0 Å². The number of nitrogens with one attached hydrogen (secondary N) is 1. The summed E-state index contributed by atoms with van der Waals surface area (Å²) in [6.45, 7) is 4.83. The van der Waals surface area contributed by atoms with Crippen molar-refractivity contribution in [3.63, 3.8) is 0 Å². The normalized spacial score (nSPS) is 14.1. The fourth-order valence-electron chi connectivity index (χ4n) is 3.93. The van der Waals surface area contributed by atoms with Gasteiger partial charge in [-0.2, -0.15) is 0 Å². The molecule has 1 aliphatic rings. The number of piperazine rings is 1. The number of anilines is 3. The second kappa shape index (κ2) is 9.64. The van der Waals surface area contributed by atoms with E-state index in [0.717, 1.165) is 35.8 Å². The van der Waals surface area contributed by atoms with E-state index in [0.29, 0.717) is 13.1 Å². The molecule has 1 saturated heterocycles. The molecular formula is C25H27N3O5S. The topological polar surface area (TPSA) is 99.2 Å². The first-order valence-corrected chi connectivity index (χ1v) is 12.4. The Morgan fingerprint density at radius 2 is 1.44 bits per heavy atom. The van der Waals surface area contributed by atoms with Crippen LogP contribution >= 0.6 is 0 Å². The largest absolute Gasteiger partial charge is 0.497 e. The third kappa shape index (κ3) is 5.09. The first-order chi connectivity index (χ1) is 16.3. The quantitative estimate of drug-likeness (QED) is 0.529. The Balaban J connectivity index is 1.49. The number of methoxy groups -OCH3 is 1. The molecule has 0 radical (unpaired) electrons. The first-order valence-electron chi connectivity index (χ1n) is 10.9. The maximum atomic E-state index is 12.8. The Kier molecular flexibility index (Phi) is 6.65. The number of hydrogen-bond donors (Lipinski definition) is 2. The van der Waals surface area contributed by atoms with Crippen LogP contribution in [0.5, 0.6) is 5.75 Å². The molecule has 2 N–H and O–H groups in total. The number of rotatable bonds is 7. The fraction of sp³-hybridized carbons (Fsp3) is 0.240. The number of carboxylic acids is 1. The van der Waals surface area contributed by atoms with E-state index in [4.69, 9.17) is 4.74 Å². The molecule has 0 amide bonds. The zero-order valence-corrected chi connectivity index (χ0v) is 19.9. The van der Waals surface area contributed by atoms with E-state index >= 15 is 0 Å². The number of sulfonamides is 1. The molecular weight excluding hydrogens is 454 g/mol. The van der Waals surface area contributed by atoms with Gasteiger partial charge in [-0.05, 0) is 61.5 Å². The molecule has 34 heavy (non-hydrogen) atoms. The van der Waals surface area contributed by atoms with Crippen LogP contribution in [0.2, 0.25) is 0 Å². The van der Waals surface area contributed by atoms with Gasteiger partial charge in [0.1, 0.15) is 5.75 Å². The number of benzene rings is 3. The number of carboxylic acid groups (broad SMARTS) is 1. The van der Waals surface area contributed by atoms with Crippen LogP contribution in [0.4, 0.5) is 17.1 Å². The van der Waals surface area contributed by atoms with E-state index in [2.05, 4.69) is 14.5 Å². The smallest absolute Gasteiger partial charge is 0.337 e. The lowest BCUT2D eigenvalue weighted by molar-refractivity contribution is 0.0698. The molecule has 0 aromatic heterocycles. The number of carbonyl (C=O) groups is 1. The Morgan fingerprint density at radius 3 is 2.00 bits per heavy atom. The zero-order valence-electron chi connectivity index (χ0n) is 19.1. The van der Waals surface area contributed by atoms with Crippen molar-refractivity contribution in [1.29, 1.82) is 0 Å². The summed E-state index contributed by atoms with van der Waals surface area (Å²) >= 11 is 0. The van der Waals surface area contributed by atoms with Crippen LogP contribution in [-0.4, -0.2) is 52.8 Å². The first kappa shape index (κ1) is 23.4. The van der Waals surface area contributed by atoms with Crippen molar-refractivity contribution < 1.29 is 23.1 Å². The van der Waals surface area contributed by atoms with Gasteiger partial charge in [-0.25, -0.2) is 13.2 Å².